The number of benzene rings is 1. The largest absolute Gasteiger partial charge is 0.476 e. The fourth-order valence-corrected chi connectivity index (χ4v) is 1.85. The summed E-state index contributed by atoms with van der Waals surface area (Å²) >= 11 is 0. The summed E-state index contributed by atoms with van der Waals surface area (Å²) in [5, 5.41) is 15.8. The Morgan fingerprint density at radius 2 is 2.08 bits per heavy atom. The zero-order valence-electron chi connectivity index (χ0n) is 12.7. The van der Waals surface area contributed by atoms with Gasteiger partial charge in [0.1, 0.15) is 6.20 Å². The summed E-state index contributed by atoms with van der Waals surface area (Å²) in [6.07, 6.45) is 1.26. The van der Waals surface area contributed by atoms with Crippen LogP contribution in [0.25, 0.3) is 0 Å². The first kappa shape index (κ1) is 16.9. The molecule has 0 saturated heterocycles. The SMILES string of the molecule is CNC(=O)c1cccc(NC(=O)COc2cccnc2[N+](=O)[O-])c1. The van der Waals surface area contributed by atoms with Gasteiger partial charge in [0.2, 0.25) is 5.75 Å². The molecule has 0 saturated carbocycles. The average molecular weight is 330 g/mol. The molecule has 0 atom stereocenters. The lowest BCUT2D eigenvalue weighted by atomic mass is 10.2. The zero-order valence-corrected chi connectivity index (χ0v) is 12.7. The number of nitrogens with zero attached hydrogens (tertiary/aromatic N) is 2. The molecule has 24 heavy (non-hydrogen) atoms. The highest BCUT2D eigenvalue weighted by Crippen LogP contribution is 2.22. The van der Waals surface area contributed by atoms with Gasteiger partial charge in [-0.05, 0) is 40.2 Å². The fourth-order valence-electron chi connectivity index (χ4n) is 1.85. The molecule has 2 rings (SSSR count). The van der Waals surface area contributed by atoms with Crippen molar-refractivity contribution < 1.29 is 19.2 Å². The minimum absolute atomic E-state index is 0.100. The van der Waals surface area contributed by atoms with Gasteiger partial charge < -0.3 is 25.5 Å². The number of rotatable bonds is 6. The van der Waals surface area contributed by atoms with Crippen LogP contribution in [0, 0.1) is 10.1 Å². The lowest BCUT2D eigenvalue weighted by Crippen LogP contribution is -2.21. The van der Waals surface area contributed by atoms with Crippen LogP contribution in [0.5, 0.6) is 5.75 Å². The summed E-state index contributed by atoms with van der Waals surface area (Å²) in [5.74, 6) is -1.38. The molecular formula is C15H14N4O5. The van der Waals surface area contributed by atoms with Crippen LogP contribution in [0.3, 0.4) is 0 Å². The van der Waals surface area contributed by atoms with Crippen LogP contribution in [0.15, 0.2) is 42.6 Å². The highest BCUT2D eigenvalue weighted by atomic mass is 16.6. The number of pyridine rings is 1. The molecule has 2 aromatic rings. The van der Waals surface area contributed by atoms with Gasteiger partial charge in [-0.3, -0.25) is 9.59 Å². The molecule has 2 N–H and O–H groups in total. The number of nitro groups is 1. The molecule has 0 unspecified atom stereocenters. The number of carbonyl (C=O) groups excluding carboxylic acids is 2. The first-order valence-corrected chi connectivity index (χ1v) is 6.85. The van der Waals surface area contributed by atoms with Crippen molar-refractivity contribution in [3.63, 3.8) is 0 Å². The predicted octanol–water partition coefficient (Wildman–Crippen LogP) is 1.37. The first-order chi connectivity index (χ1) is 11.5. The van der Waals surface area contributed by atoms with Crippen LogP contribution in [0.4, 0.5) is 11.5 Å². The molecule has 0 bridgehead atoms. The lowest BCUT2D eigenvalue weighted by molar-refractivity contribution is -0.390. The van der Waals surface area contributed by atoms with Crippen molar-refractivity contribution in [3.05, 3.63) is 58.3 Å². The summed E-state index contributed by atoms with van der Waals surface area (Å²) in [5.41, 5.74) is 0.796. The maximum absolute atomic E-state index is 11.9. The minimum Gasteiger partial charge on any atom is -0.476 e. The van der Waals surface area contributed by atoms with Gasteiger partial charge in [0, 0.05) is 18.3 Å². The van der Waals surface area contributed by atoms with Crippen LogP contribution in [0.2, 0.25) is 0 Å². The standard InChI is InChI=1S/C15H14N4O5/c1-16-15(21)10-4-2-5-11(8-10)18-13(20)9-24-12-6-3-7-17-14(12)19(22)23/h2-8H,9H2,1H3,(H,16,21)(H,18,20). The van der Waals surface area contributed by atoms with Crippen molar-refractivity contribution >= 4 is 23.3 Å². The van der Waals surface area contributed by atoms with Crippen LogP contribution >= 0.6 is 0 Å². The van der Waals surface area contributed by atoms with E-state index < -0.39 is 23.3 Å². The van der Waals surface area contributed by atoms with Crippen LogP contribution in [0.1, 0.15) is 10.4 Å². The molecule has 0 aliphatic carbocycles. The summed E-state index contributed by atoms with van der Waals surface area (Å²) in [4.78, 5) is 37.1. The molecule has 0 aliphatic rings. The topological polar surface area (TPSA) is 123 Å². The average Bonchev–Trinajstić information content (AvgIpc) is 2.59. The Balaban J connectivity index is 1.99. The van der Waals surface area contributed by atoms with Crippen molar-refractivity contribution in [2.24, 2.45) is 0 Å². The van der Waals surface area contributed by atoms with Gasteiger partial charge in [0.15, 0.2) is 6.61 Å². The molecule has 1 heterocycles. The smallest absolute Gasteiger partial charge is 0.406 e. The fraction of sp³-hybridized carbons (Fsp3) is 0.133. The maximum Gasteiger partial charge on any atom is 0.406 e. The number of nitrogens with one attached hydrogen (secondary N) is 2. The Labute approximate surface area is 136 Å². The third-order valence-corrected chi connectivity index (χ3v) is 2.92. The lowest BCUT2D eigenvalue weighted by Gasteiger charge is -2.08. The monoisotopic (exact) mass is 330 g/mol. The molecule has 0 spiro atoms. The molecule has 1 aromatic heterocycles. The number of aromatic nitrogens is 1. The Morgan fingerprint density at radius 1 is 1.29 bits per heavy atom. The molecule has 9 heteroatoms. The molecule has 1 aromatic carbocycles. The van der Waals surface area contributed by atoms with E-state index in [1.165, 1.54) is 31.4 Å². The van der Waals surface area contributed by atoms with E-state index in [1.54, 1.807) is 18.2 Å². The molecule has 0 fully saturated rings. The second-order valence-electron chi connectivity index (χ2n) is 4.58. The quantitative estimate of drug-likeness (QED) is 0.609. The number of ether oxygens (including phenoxy) is 1. The summed E-state index contributed by atoms with van der Waals surface area (Å²) in [7, 11) is 1.50. The highest BCUT2D eigenvalue weighted by molar-refractivity contribution is 5.97. The second-order valence-corrected chi connectivity index (χ2v) is 4.58. The van der Waals surface area contributed by atoms with Crippen LogP contribution in [-0.2, 0) is 4.79 Å². The molecular weight excluding hydrogens is 316 g/mol. The number of hydrogen-bond donors (Lipinski definition) is 2. The van der Waals surface area contributed by atoms with E-state index in [0.29, 0.717) is 11.3 Å². The van der Waals surface area contributed by atoms with Crippen molar-refractivity contribution in [1.29, 1.82) is 0 Å². The summed E-state index contributed by atoms with van der Waals surface area (Å²) < 4.78 is 5.14. The second kappa shape index (κ2) is 7.68. The van der Waals surface area contributed by atoms with Crippen molar-refractivity contribution in [3.8, 4) is 5.75 Å². The van der Waals surface area contributed by atoms with Gasteiger partial charge in [-0.15, -0.1) is 0 Å². The third kappa shape index (κ3) is 4.26. The summed E-state index contributed by atoms with van der Waals surface area (Å²) in [6, 6.07) is 9.15. The number of hydrogen-bond acceptors (Lipinski definition) is 6. The third-order valence-electron chi connectivity index (χ3n) is 2.92. The van der Waals surface area contributed by atoms with Crippen LogP contribution < -0.4 is 15.4 Å². The number of anilines is 1. The number of amides is 2. The van der Waals surface area contributed by atoms with E-state index >= 15 is 0 Å². The van der Waals surface area contributed by atoms with E-state index in [9.17, 15) is 19.7 Å². The highest BCUT2D eigenvalue weighted by Gasteiger charge is 2.16. The van der Waals surface area contributed by atoms with Gasteiger partial charge in [-0.25, -0.2) is 0 Å². The van der Waals surface area contributed by atoms with Crippen LogP contribution in [-0.4, -0.2) is 35.4 Å². The Kier molecular flexibility index (Phi) is 5.40. The van der Waals surface area contributed by atoms with Crippen molar-refractivity contribution in [2.45, 2.75) is 0 Å². The van der Waals surface area contributed by atoms with Gasteiger partial charge in [-0.2, -0.15) is 0 Å². The Hall–Kier alpha value is -3.49. The normalized spacial score (nSPS) is 9.88. The zero-order chi connectivity index (χ0) is 17.5. The van der Waals surface area contributed by atoms with E-state index in [2.05, 4.69) is 15.6 Å². The molecule has 0 aliphatic heterocycles. The summed E-state index contributed by atoms with van der Waals surface area (Å²) in [6.45, 7) is -0.434. The molecule has 124 valence electrons. The molecule has 2 amide bonds. The Morgan fingerprint density at radius 3 is 2.79 bits per heavy atom. The Bertz CT molecular complexity index is 778. The molecule has 9 nitrogen and oxygen atoms in total. The number of carbonyl (C=O) groups is 2. The van der Waals surface area contributed by atoms with Crippen molar-refractivity contribution in [2.75, 3.05) is 19.0 Å². The van der Waals surface area contributed by atoms with Crippen molar-refractivity contribution in [1.82, 2.24) is 10.3 Å². The van der Waals surface area contributed by atoms with Gasteiger partial charge >= 0.3 is 5.82 Å². The van der Waals surface area contributed by atoms with E-state index in [0.717, 1.165) is 0 Å². The van der Waals surface area contributed by atoms with E-state index in [4.69, 9.17) is 4.74 Å². The van der Waals surface area contributed by atoms with Gasteiger partial charge in [0.05, 0.1) is 0 Å². The minimum atomic E-state index is -0.694. The van der Waals surface area contributed by atoms with E-state index in [-0.39, 0.29) is 11.7 Å². The van der Waals surface area contributed by atoms with E-state index in [1.807, 2.05) is 0 Å². The van der Waals surface area contributed by atoms with Gasteiger partial charge in [0.25, 0.3) is 11.8 Å². The first-order valence-electron chi connectivity index (χ1n) is 6.85. The molecule has 0 radical (unpaired) electrons. The maximum atomic E-state index is 11.9. The predicted molar refractivity (Wildman–Crippen MR) is 84.8 cm³/mol. The van der Waals surface area contributed by atoms with Gasteiger partial charge in [-0.1, -0.05) is 6.07 Å².